The van der Waals surface area contributed by atoms with Gasteiger partial charge in [0.2, 0.25) is 15.9 Å². The number of carbonyl (C=O) groups is 1. The average Bonchev–Trinajstić information content (AvgIpc) is 3.44. The fraction of sp³-hybridized carbons (Fsp3) is 0.650. The second kappa shape index (κ2) is 7.09. The average molecular weight is 393 g/mol. The van der Waals surface area contributed by atoms with Crippen LogP contribution in [0, 0.1) is 5.92 Å². The van der Waals surface area contributed by atoms with Crippen LogP contribution in [0.2, 0.25) is 0 Å². The fourth-order valence-electron chi connectivity index (χ4n) is 4.33. The van der Waals surface area contributed by atoms with Crippen molar-refractivity contribution in [1.82, 2.24) is 9.62 Å². The minimum absolute atomic E-state index is 0.104. The number of hydrogen-bond acceptors (Lipinski definition) is 4. The van der Waals surface area contributed by atoms with E-state index >= 15 is 0 Å². The molecule has 1 spiro atoms. The van der Waals surface area contributed by atoms with Gasteiger partial charge in [-0.2, -0.15) is 0 Å². The number of nitrogens with zero attached hydrogens (tertiary/aromatic N) is 1. The maximum absolute atomic E-state index is 12.5. The van der Waals surface area contributed by atoms with Crippen molar-refractivity contribution in [2.75, 3.05) is 25.9 Å². The molecule has 1 aliphatic carbocycles. The molecule has 1 aromatic carbocycles. The molecule has 2 heterocycles. The maximum Gasteiger partial charge on any atom is 0.220 e. The van der Waals surface area contributed by atoms with E-state index < -0.39 is 10.0 Å². The van der Waals surface area contributed by atoms with Crippen LogP contribution in [0.1, 0.15) is 50.0 Å². The predicted molar refractivity (Wildman–Crippen MR) is 103 cm³/mol. The lowest BCUT2D eigenvalue weighted by Crippen LogP contribution is -2.51. The number of ether oxygens (including phenoxy) is 1. The Morgan fingerprint density at radius 1 is 1.26 bits per heavy atom. The van der Waals surface area contributed by atoms with Crippen molar-refractivity contribution in [2.24, 2.45) is 5.92 Å². The first-order valence-electron chi connectivity index (χ1n) is 9.84. The topological polar surface area (TPSA) is 75.7 Å². The van der Waals surface area contributed by atoms with E-state index in [0.29, 0.717) is 38.3 Å². The number of piperidine rings is 1. The summed E-state index contributed by atoms with van der Waals surface area (Å²) in [5.41, 5.74) is 0.715. The Balaban J connectivity index is 1.48. The van der Waals surface area contributed by atoms with Crippen LogP contribution >= 0.6 is 0 Å². The quantitative estimate of drug-likeness (QED) is 0.834. The number of fused-ring (bicyclic) bond motifs is 1. The van der Waals surface area contributed by atoms with Crippen LogP contribution in [0.3, 0.4) is 0 Å². The lowest BCUT2D eigenvalue weighted by Gasteiger charge is -2.46. The number of carbonyl (C=O) groups excluding carboxylic acids is 1. The number of nitrogens with one attached hydrogen (secondary N) is 1. The van der Waals surface area contributed by atoms with Crippen LogP contribution in [0.4, 0.5) is 0 Å². The molecule has 1 saturated heterocycles. The van der Waals surface area contributed by atoms with Gasteiger partial charge in [0.1, 0.15) is 11.4 Å². The van der Waals surface area contributed by atoms with Crippen molar-refractivity contribution in [3.05, 3.63) is 29.8 Å². The summed E-state index contributed by atoms with van der Waals surface area (Å²) in [6, 6.07) is 7.95. The second-order valence-electron chi connectivity index (χ2n) is 8.34. The van der Waals surface area contributed by atoms with E-state index in [2.05, 4.69) is 5.32 Å². The zero-order valence-electron chi connectivity index (χ0n) is 15.8. The van der Waals surface area contributed by atoms with Gasteiger partial charge in [-0.25, -0.2) is 12.7 Å². The third kappa shape index (κ3) is 4.29. The molecule has 6 nitrogen and oxygen atoms in total. The van der Waals surface area contributed by atoms with E-state index in [1.807, 2.05) is 24.3 Å². The van der Waals surface area contributed by atoms with E-state index in [0.717, 1.165) is 24.3 Å². The number of benzene rings is 1. The second-order valence-corrected chi connectivity index (χ2v) is 10.3. The SMILES string of the molecule is CS(=O)(=O)N1CCC2(CC1)CC(CC(=O)NCC1CC1)c1ccccc1O2. The zero-order chi connectivity index (χ0) is 19.1. The van der Waals surface area contributed by atoms with E-state index in [9.17, 15) is 13.2 Å². The first-order valence-corrected chi connectivity index (χ1v) is 11.7. The summed E-state index contributed by atoms with van der Waals surface area (Å²) >= 11 is 0. The van der Waals surface area contributed by atoms with Crippen LogP contribution < -0.4 is 10.1 Å². The summed E-state index contributed by atoms with van der Waals surface area (Å²) in [4.78, 5) is 12.5. The minimum Gasteiger partial charge on any atom is -0.487 e. The fourth-order valence-corrected chi connectivity index (χ4v) is 5.18. The molecule has 0 radical (unpaired) electrons. The van der Waals surface area contributed by atoms with Crippen LogP contribution in [0.25, 0.3) is 0 Å². The van der Waals surface area contributed by atoms with Crippen LogP contribution in [-0.2, 0) is 14.8 Å². The molecule has 0 bridgehead atoms. The third-order valence-electron chi connectivity index (χ3n) is 6.12. The molecule has 1 saturated carbocycles. The molecule has 148 valence electrons. The monoisotopic (exact) mass is 392 g/mol. The molecule has 2 aliphatic heterocycles. The summed E-state index contributed by atoms with van der Waals surface area (Å²) in [5.74, 6) is 1.73. The summed E-state index contributed by atoms with van der Waals surface area (Å²) in [7, 11) is -3.17. The first kappa shape index (κ1) is 18.7. The number of sulfonamides is 1. The standard InChI is InChI=1S/C20H28N2O4S/c1-27(24,25)22-10-8-20(9-11-22)13-16(12-19(23)21-14-15-6-7-15)17-4-2-3-5-18(17)26-20/h2-5,15-16H,6-14H2,1H3,(H,21,23). The molecule has 0 aromatic heterocycles. The molecule has 3 aliphatic rings. The van der Waals surface area contributed by atoms with Gasteiger partial charge in [0, 0.05) is 44.8 Å². The third-order valence-corrected chi connectivity index (χ3v) is 7.43. The van der Waals surface area contributed by atoms with Gasteiger partial charge in [0.25, 0.3) is 0 Å². The van der Waals surface area contributed by atoms with Crippen LogP contribution in [0.5, 0.6) is 5.75 Å². The number of rotatable bonds is 5. The number of para-hydroxylation sites is 1. The Kier molecular flexibility index (Phi) is 4.93. The van der Waals surface area contributed by atoms with Crippen molar-refractivity contribution in [3.8, 4) is 5.75 Å². The maximum atomic E-state index is 12.5. The van der Waals surface area contributed by atoms with Gasteiger partial charge in [-0.15, -0.1) is 0 Å². The van der Waals surface area contributed by atoms with Crippen molar-refractivity contribution in [2.45, 2.75) is 50.0 Å². The Bertz CT molecular complexity index is 811. The van der Waals surface area contributed by atoms with Gasteiger partial charge < -0.3 is 10.1 Å². The highest BCUT2D eigenvalue weighted by atomic mass is 32.2. The van der Waals surface area contributed by atoms with Crippen molar-refractivity contribution < 1.29 is 17.9 Å². The molecule has 1 amide bonds. The first-order chi connectivity index (χ1) is 12.8. The molecule has 2 fully saturated rings. The highest BCUT2D eigenvalue weighted by molar-refractivity contribution is 7.88. The van der Waals surface area contributed by atoms with Gasteiger partial charge in [-0.1, -0.05) is 18.2 Å². The molecular formula is C20H28N2O4S. The summed E-state index contributed by atoms with van der Waals surface area (Å²) in [6.45, 7) is 1.74. The van der Waals surface area contributed by atoms with E-state index in [4.69, 9.17) is 4.74 Å². The molecule has 4 rings (SSSR count). The summed E-state index contributed by atoms with van der Waals surface area (Å²) in [6.07, 6.45) is 6.25. The predicted octanol–water partition coefficient (Wildman–Crippen LogP) is 2.26. The lowest BCUT2D eigenvalue weighted by molar-refractivity contribution is -0.122. The van der Waals surface area contributed by atoms with Crippen LogP contribution in [-0.4, -0.2) is 50.1 Å². The van der Waals surface area contributed by atoms with Crippen molar-refractivity contribution in [3.63, 3.8) is 0 Å². The van der Waals surface area contributed by atoms with E-state index in [-0.39, 0.29) is 17.4 Å². The number of hydrogen-bond donors (Lipinski definition) is 1. The summed E-state index contributed by atoms with van der Waals surface area (Å²) < 4.78 is 31.6. The number of amides is 1. The Labute approximate surface area is 161 Å². The normalized spacial score (nSPS) is 24.9. The Morgan fingerprint density at radius 3 is 2.63 bits per heavy atom. The highest BCUT2D eigenvalue weighted by Gasteiger charge is 2.44. The smallest absolute Gasteiger partial charge is 0.220 e. The Hall–Kier alpha value is -1.60. The molecule has 1 N–H and O–H groups in total. The van der Waals surface area contributed by atoms with Crippen LogP contribution in [0.15, 0.2) is 24.3 Å². The van der Waals surface area contributed by atoms with Gasteiger partial charge in [-0.3, -0.25) is 4.79 Å². The van der Waals surface area contributed by atoms with E-state index in [1.165, 1.54) is 23.4 Å². The summed E-state index contributed by atoms with van der Waals surface area (Å²) in [5, 5.41) is 3.07. The molecule has 27 heavy (non-hydrogen) atoms. The van der Waals surface area contributed by atoms with Gasteiger partial charge in [0.15, 0.2) is 0 Å². The molecule has 1 atom stereocenters. The van der Waals surface area contributed by atoms with Gasteiger partial charge >= 0.3 is 0 Å². The molecule has 7 heteroatoms. The van der Waals surface area contributed by atoms with E-state index in [1.54, 1.807) is 0 Å². The molecule has 1 aromatic rings. The largest absolute Gasteiger partial charge is 0.487 e. The zero-order valence-corrected chi connectivity index (χ0v) is 16.6. The minimum atomic E-state index is -3.17. The highest BCUT2D eigenvalue weighted by Crippen LogP contribution is 2.46. The Morgan fingerprint density at radius 2 is 1.96 bits per heavy atom. The molecular weight excluding hydrogens is 364 g/mol. The molecule has 1 unspecified atom stereocenters. The van der Waals surface area contributed by atoms with Gasteiger partial charge in [-0.05, 0) is 36.8 Å². The van der Waals surface area contributed by atoms with Crippen molar-refractivity contribution >= 4 is 15.9 Å². The van der Waals surface area contributed by atoms with Crippen molar-refractivity contribution in [1.29, 1.82) is 0 Å². The van der Waals surface area contributed by atoms with Gasteiger partial charge in [0.05, 0.1) is 6.26 Å². The lowest BCUT2D eigenvalue weighted by atomic mass is 9.76.